The van der Waals surface area contributed by atoms with Crippen LogP contribution in [-0.4, -0.2) is 9.55 Å². The minimum absolute atomic E-state index is 0.0109. The predicted octanol–water partition coefficient (Wildman–Crippen LogP) is 5.92. The number of halogens is 1. The van der Waals surface area contributed by atoms with E-state index in [4.69, 9.17) is 16.6 Å². The van der Waals surface area contributed by atoms with Crippen molar-refractivity contribution in [2.75, 3.05) is 5.32 Å². The number of rotatable bonds is 0. The number of hydrogen-bond donors (Lipinski definition) is 1. The van der Waals surface area contributed by atoms with Crippen molar-refractivity contribution in [1.29, 1.82) is 0 Å². The highest BCUT2D eigenvalue weighted by atomic mass is 35.5. The summed E-state index contributed by atoms with van der Waals surface area (Å²) in [6.45, 7) is 5.66. The molecule has 2 aromatic heterocycles. The number of nitrogens with one attached hydrogen (secondary N) is 1. The van der Waals surface area contributed by atoms with Gasteiger partial charge in [-0.3, -0.25) is 4.98 Å². The van der Waals surface area contributed by atoms with Gasteiger partial charge in [0, 0.05) is 45.7 Å². The molecule has 0 spiro atoms. The van der Waals surface area contributed by atoms with Crippen LogP contribution in [0.3, 0.4) is 0 Å². The summed E-state index contributed by atoms with van der Waals surface area (Å²) in [6, 6.07) is 17.3. The summed E-state index contributed by atoms with van der Waals surface area (Å²) >= 11 is 6.34. The van der Waals surface area contributed by atoms with Gasteiger partial charge in [-0.25, -0.2) is 0 Å². The van der Waals surface area contributed by atoms with Gasteiger partial charge >= 0.3 is 0 Å². The van der Waals surface area contributed by atoms with Gasteiger partial charge in [0.25, 0.3) is 0 Å². The number of nitrogens with zero attached hydrogens (tertiary/aromatic N) is 2. The van der Waals surface area contributed by atoms with Crippen LogP contribution < -0.4 is 5.32 Å². The molecule has 4 heteroatoms. The van der Waals surface area contributed by atoms with Crippen LogP contribution >= 0.6 is 11.6 Å². The highest BCUT2D eigenvalue weighted by Gasteiger charge is 2.46. The first-order valence-electron chi connectivity index (χ1n) is 9.48. The Morgan fingerprint density at radius 1 is 1.11 bits per heavy atom. The molecule has 0 fully saturated rings. The summed E-state index contributed by atoms with van der Waals surface area (Å²) in [5.74, 6) is 0.393. The zero-order valence-electron chi connectivity index (χ0n) is 15.3. The molecule has 0 radical (unpaired) electrons. The van der Waals surface area contributed by atoms with Crippen molar-refractivity contribution in [3.8, 4) is 0 Å². The second kappa shape index (κ2) is 5.05. The van der Waals surface area contributed by atoms with Crippen LogP contribution in [0.2, 0.25) is 5.02 Å². The fourth-order valence-electron chi connectivity index (χ4n) is 5.29. The zero-order valence-corrected chi connectivity index (χ0v) is 16.1. The van der Waals surface area contributed by atoms with Crippen molar-refractivity contribution in [1.82, 2.24) is 9.55 Å². The van der Waals surface area contributed by atoms with E-state index >= 15 is 0 Å². The van der Waals surface area contributed by atoms with Crippen LogP contribution in [0, 0.1) is 5.92 Å². The third-order valence-corrected chi connectivity index (χ3v) is 6.93. The van der Waals surface area contributed by atoms with E-state index in [1.54, 1.807) is 0 Å². The van der Waals surface area contributed by atoms with E-state index in [1.807, 2.05) is 12.3 Å². The van der Waals surface area contributed by atoms with Crippen LogP contribution in [0.1, 0.15) is 31.1 Å². The quantitative estimate of drug-likeness (QED) is 0.414. The Morgan fingerprint density at radius 3 is 2.85 bits per heavy atom. The number of fused-ring (bicyclic) bond motifs is 6. The van der Waals surface area contributed by atoms with E-state index < -0.39 is 0 Å². The van der Waals surface area contributed by atoms with E-state index in [2.05, 4.69) is 66.2 Å². The van der Waals surface area contributed by atoms with Crippen molar-refractivity contribution >= 4 is 39.1 Å². The molecular weight excluding hydrogens is 354 g/mol. The first kappa shape index (κ1) is 15.5. The molecule has 0 saturated carbocycles. The molecule has 2 aliphatic rings. The number of para-hydroxylation sites is 1. The summed E-state index contributed by atoms with van der Waals surface area (Å²) in [4.78, 5) is 4.86. The van der Waals surface area contributed by atoms with Crippen molar-refractivity contribution in [2.45, 2.75) is 31.8 Å². The van der Waals surface area contributed by atoms with Gasteiger partial charge in [0.2, 0.25) is 0 Å². The lowest BCUT2D eigenvalue weighted by atomic mass is 9.65. The van der Waals surface area contributed by atoms with Gasteiger partial charge in [-0.1, -0.05) is 43.6 Å². The third-order valence-electron chi connectivity index (χ3n) is 6.70. The molecule has 0 saturated heterocycles. The van der Waals surface area contributed by atoms with Crippen molar-refractivity contribution < 1.29 is 0 Å². The summed E-state index contributed by atoms with van der Waals surface area (Å²) in [6.07, 6.45) is 1.96. The Labute approximate surface area is 163 Å². The fraction of sp³-hybridized carbons (Fsp3) is 0.261. The van der Waals surface area contributed by atoms with Crippen molar-refractivity contribution in [2.24, 2.45) is 5.92 Å². The molecule has 3 nitrogen and oxygen atoms in total. The monoisotopic (exact) mass is 373 g/mol. The normalized spacial score (nSPS) is 22.3. The Balaban J connectivity index is 1.67. The minimum atomic E-state index is -0.0109. The molecule has 2 atom stereocenters. The lowest BCUT2D eigenvalue weighted by molar-refractivity contribution is 0.229. The minimum Gasteiger partial charge on any atom is -0.376 e. The molecule has 2 aromatic carbocycles. The van der Waals surface area contributed by atoms with E-state index in [-0.39, 0.29) is 11.5 Å². The van der Waals surface area contributed by atoms with Gasteiger partial charge in [0.15, 0.2) is 0 Å². The molecule has 2 aliphatic heterocycles. The molecule has 1 N–H and O–H groups in total. The largest absolute Gasteiger partial charge is 0.376 e. The van der Waals surface area contributed by atoms with Gasteiger partial charge in [-0.05, 0) is 41.3 Å². The maximum Gasteiger partial charge on any atom is 0.0872 e. The van der Waals surface area contributed by atoms with Crippen molar-refractivity contribution in [3.05, 3.63) is 71.0 Å². The van der Waals surface area contributed by atoms with Gasteiger partial charge in [0.05, 0.1) is 17.3 Å². The smallest absolute Gasteiger partial charge is 0.0872 e. The number of benzene rings is 2. The average Bonchev–Trinajstić information content (AvgIpc) is 2.99. The van der Waals surface area contributed by atoms with Crippen LogP contribution in [0.4, 0.5) is 5.69 Å². The first-order valence-corrected chi connectivity index (χ1v) is 9.86. The van der Waals surface area contributed by atoms with Gasteiger partial charge < -0.3 is 9.88 Å². The molecular formula is C23H20ClN3. The molecule has 27 heavy (non-hydrogen) atoms. The predicted molar refractivity (Wildman–Crippen MR) is 112 cm³/mol. The van der Waals surface area contributed by atoms with E-state index in [0.717, 1.165) is 17.3 Å². The second-order valence-corrected chi connectivity index (χ2v) is 8.80. The van der Waals surface area contributed by atoms with Gasteiger partial charge in [0.1, 0.15) is 0 Å². The number of hydrogen-bond acceptors (Lipinski definition) is 2. The molecule has 4 aromatic rings. The molecule has 4 heterocycles. The molecule has 0 aliphatic carbocycles. The standard InChI is InChI=1S/C23H20ClN3/c1-23(2)16-11-13(24)7-8-18(16)26-20-17(23)12-27-19-6-4-3-5-14(19)15-9-10-25-21(20)22(15)27/h3-11,17,20,26H,12H2,1-2H3. The molecule has 6 rings (SSSR count). The van der Waals surface area contributed by atoms with E-state index in [0.29, 0.717) is 5.92 Å². The van der Waals surface area contributed by atoms with Crippen LogP contribution in [0.25, 0.3) is 21.8 Å². The highest BCUT2D eigenvalue weighted by Crippen LogP contribution is 2.53. The van der Waals surface area contributed by atoms with Crippen molar-refractivity contribution in [3.63, 3.8) is 0 Å². The number of aromatic nitrogens is 2. The second-order valence-electron chi connectivity index (χ2n) is 8.36. The maximum absolute atomic E-state index is 6.34. The highest BCUT2D eigenvalue weighted by molar-refractivity contribution is 6.30. The lowest BCUT2D eigenvalue weighted by Crippen LogP contribution is -2.45. The summed E-state index contributed by atoms with van der Waals surface area (Å²) < 4.78 is 2.48. The maximum atomic E-state index is 6.34. The fourth-order valence-corrected chi connectivity index (χ4v) is 5.47. The van der Waals surface area contributed by atoms with Crippen LogP contribution in [-0.2, 0) is 12.0 Å². The van der Waals surface area contributed by atoms with Crippen LogP contribution in [0.15, 0.2) is 54.7 Å². The Kier molecular flexibility index (Phi) is 2.90. The van der Waals surface area contributed by atoms with E-state index in [9.17, 15) is 0 Å². The number of anilines is 1. The lowest BCUT2D eigenvalue weighted by Gasteiger charge is -2.48. The zero-order chi connectivity index (χ0) is 18.3. The SMILES string of the molecule is CC1(C)c2cc(Cl)ccc2NC2c3nccc4c5ccccc5n(c34)CC21. The molecule has 134 valence electrons. The summed E-state index contributed by atoms with van der Waals surface area (Å²) in [5, 5.41) is 7.20. The molecule has 0 amide bonds. The number of pyridine rings is 1. The van der Waals surface area contributed by atoms with Gasteiger partial charge in [-0.2, -0.15) is 0 Å². The first-order chi connectivity index (χ1) is 13.1. The van der Waals surface area contributed by atoms with Crippen LogP contribution in [0.5, 0.6) is 0 Å². The average molecular weight is 374 g/mol. The molecule has 2 unspecified atom stereocenters. The Bertz CT molecular complexity index is 1240. The van der Waals surface area contributed by atoms with Gasteiger partial charge in [-0.15, -0.1) is 0 Å². The Morgan fingerprint density at radius 2 is 1.96 bits per heavy atom. The molecule has 0 bridgehead atoms. The topological polar surface area (TPSA) is 29.9 Å². The third kappa shape index (κ3) is 1.90. The Hall–Kier alpha value is -2.52. The summed E-state index contributed by atoms with van der Waals surface area (Å²) in [7, 11) is 0. The van der Waals surface area contributed by atoms with E-state index in [1.165, 1.54) is 33.1 Å². The summed E-state index contributed by atoms with van der Waals surface area (Å²) in [5.41, 5.74) is 6.20.